The van der Waals surface area contributed by atoms with Crippen LogP contribution in [-0.4, -0.2) is 36.7 Å². The second kappa shape index (κ2) is 8.08. The van der Waals surface area contributed by atoms with Crippen LogP contribution in [0.2, 0.25) is 0 Å². The molecule has 0 spiro atoms. The maximum atomic E-state index is 12.1. The minimum atomic E-state index is -4.13. The van der Waals surface area contributed by atoms with E-state index in [2.05, 4.69) is 0 Å². The Balaban J connectivity index is 3.35. The highest BCUT2D eigenvalue weighted by atomic mass is 31.2. The Kier molecular flexibility index (Phi) is 6.74. The largest absolute Gasteiger partial charge is 0.462 e. The van der Waals surface area contributed by atoms with Crippen LogP contribution in [0.1, 0.15) is 41.5 Å². The third kappa shape index (κ3) is 4.66. The molecule has 122 valence electrons. The second-order valence-electron chi connectivity index (χ2n) is 4.15. The van der Waals surface area contributed by atoms with Crippen molar-refractivity contribution in [3.8, 4) is 0 Å². The van der Waals surface area contributed by atoms with Crippen LogP contribution in [0, 0.1) is 0 Å². The average Bonchev–Trinajstić information content (AvgIpc) is 2.47. The van der Waals surface area contributed by atoms with Crippen LogP contribution in [0.15, 0.2) is 18.2 Å². The van der Waals surface area contributed by atoms with E-state index in [9.17, 15) is 19.0 Å². The molecule has 0 aliphatic rings. The predicted molar refractivity (Wildman–Crippen MR) is 79.4 cm³/mol. The molecule has 0 amide bonds. The summed E-state index contributed by atoms with van der Waals surface area (Å²) in [5.74, 6) is -1.40. The molecule has 0 fully saturated rings. The van der Waals surface area contributed by atoms with Gasteiger partial charge in [-0.15, -0.1) is 0 Å². The number of ether oxygens (including phenoxy) is 2. The molecule has 0 heterocycles. The number of hydrogen-bond donors (Lipinski definition) is 1. The van der Waals surface area contributed by atoms with Gasteiger partial charge in [-0.25, -0.2) is 9.59 Å². The number of esters is 2. The first-order chi connectivity index (χ1) is 10.4. The monoisotopic (exact) mass is 330 g/mol. The Morgan fingerprint density at radius 2 is 1.41 bits per heavy atom. The Morgan fingerprint density at radius 1 is 0.955 bits per heavy atom. The lowest BCUT2D eigenvalue weighted by atomic mass is 10.1. The third-order valence-corrected chi connectivity index (χ3v) is 4.09. The molecule has 0 bridgehead atoms. The molecule has 0 aromatic heterocycles. The molecule has 1 aromatic rings. The molecule has 22 heavy (non-hydrogen) atoms. The van der Waals surface area contributed by atoms with E-state index in [1.54, 1.807) is 20.8 Å². The van der Waals surface area contributed by atoms with Gasteiger partial charge in [-0.1, -0.05) is 0 Å². The summed E-state index contributed by atoms with van der Waals surface area (Å²) in [7, 11) is -4.13. The average molecular weight is 330 g/mol. The van der Waals surface area contributed by atoms with E-state index in [0.717, 1.165) is 0 Å². The van der Waals surface area contributed by atoms with Crippen LogP contribution in [0.25, 0.3) is 0 Å². The fourth-order valence-electron chi connectivity index (χ4n) is 1.69. The number of benzene rings is 1. The molecule has 1 unspecified atom stereocenters. The number of hydrogen-bond acceptors (Lipinski definition) is 6. The topological polar surface area (TPSA) is 99.1 Å². The van der Waals surface area contributed by atoms with Gasteiger partial charge >= 0.3 is 19.5 Å². The van der Waals surface area contributed by atoms with E-state index in [1.165, 1.54) is 18.2 Å². The summed E-state index contributed by atoms with van der Waals surface area (Å²) in [6.45, 7) is 5.10. The highest BCUT2D eigenvalue weighted by Crippen LogP contribution is 2.40. The molecule has 1 rings (SSSR count). The fourth-order valence-corrected chi connectivity index (χ4v) is 2.79. The zero-order valence-electron chi connectivity index (χ0n) is 12.7. The van der Waals surface area contributed by atoms with Gasteiger partial charge < -0.3 is 18.9 Å². The van der Waals surface area contributed by atoms with Crippen molar-refractivity contribution >= 4 is 24.8 Å². The van der Waals surface area contributed by atoms with Crippen LogP contribution in [-0.2, 0) is 18.6 Å². The van der Waals surface area contributed by atoms with E-state index in [-0.39, 0.29) is 36.3 Å². The zero-order valence-corrected chi connectivity index (χ0v) is 13.6. The highest BCUT2D eigenvalue weighted by molar-refractivity contribution is 7.61. The molecule has 0 aliphatic carbocycles. The van der Waals surface area contributed by atoms with Gasteiger partial charge in [0.25, 0.3) is 0 Å². The van der Waals surface area contributed by atoms with Crippen LogP contribution in [0.4, 0.5) is 0 Å². The van der Waals surface area contributed by atoms with Crippen molar-refractivity contribution in [2.75, 3.05) is 19.8 Å². The number of carbonyl (C=O) groups excluding carboxylic acids is 2. The smallest absolute Gasteiger partial charge is 0.358 e. The van der Waals surface area contributed by atoms with Crippen LogP contribution >= 0.6 is 7.60 Å². The van der Waals surface area contributed by atoms with E-state index < -0.39 is 19.5 Å². The van der Waals surface area contributed by atoms with Crippen molar-refractivity contribution < 1.29 is 33.0 Å². The van der Waals surface area contributed by atoms with Gasteiger partial charge in [-0.2, -0.15) is 0 Å². The van der Waals surface area contributed by atoms with Crippen molar-refractivity contribution in [3.05, 3.63) is 29.3 Å². The molecule has 8 heteroatoms. The second-order valence-corrected chi connectivity index (χ2v) is 5.96. The molecule has 0 radical (unpaired) electrons. The molecule has 1 N–H and O–H groups in total. The Bertz CT molecular complexity index is 561. The third-order valence-electron chi connectivity index (χ3n) is 2.57. The molecule has 1 aromatic carbocycles. The normalized spacial score (nSPS) is 13.3. The lowest BCUT2D eigenvalue weighted by Crippen LogP contribution is -2.16. The van der Waals surface area contributed by atoms with E-state index in [4.69, 9.17) is 14.0 Å². The summed E-state index contributed by atoms with van der Waals surface area (Å²) in [5.41, 5.74) is -0.0345. The van der Waals surface area contributed by atoms with E-state index >= 15 is 0 Å². The molecular weight excluding hydrogens is 311 g/mol. The Labute approximate surface area is 128 Å². The van der Waals surface area contributed by atoms with E-state index in [1.807, 2.05) is 0 Å². The molecule has 1 atom stereocenters. The van der Waals surface area contributed by atoms with Gasteiger partial charge in [-0.3, -0.25) is 4.57 Å². The maximum absolute atomic E-state index is 12.1. The Morgan fingerprint density at radius 3 is 1.77 bits per heavy atom. The summed E-state index contributed by atoms with van der Waals surface area (Å²) in [4.78, 5) is 33.5. The van der Waals surface area contributed by atoms with Gasteiger partial charge in [0.15, 0.2) is 0 Å². The minimum Gasteiger partial charge on any atom is -0.462 e. The molecule has 0 saturated heterocycles. The first-order valence-corrected chi connectivity index (χ1v) is 8.40. The highest BCUT2D eigenvalue weighted by Gasteiger charge is 2.26. The number of carbonyl (C=O) groups is 2. The lowest BCUT2D eigenvalue weighted by molar-refractivity contribution is 0.0525. The van der Waals surface area contributed by atoms with Crippen LogP contribution in [0.5, 0.6) is 0 Å². The summed E-state index contributed by atoms with van der Waals surface area (Å²) >= 11 is 0. The first-order valence-electron chi connectivity index (χ1n) is 6.82. The van der Waals surface area contributed by atoms with Crippen LogP contribution < -0.4 is 5.30 Å². The zero-order chi connectivity index (χ0) is 16.8. The fraction of sp³-hybridized carbons (Fsp3) is 0.429. The van der Waals surface area contributed by atoms with Crippen molar-refractivity contribution in [1.29, 1.82) is 0 Å². The van der Waals surface area contributed by atoms with Gasteiger partial charge in [0.1, 0.15) is 0 Å². The van der Waals surface area contributed by atoms with E-state index in [0.29, 0.717) is 0 Å². The molecule has 7 nitrogen and oxygen atoms in total. The van der Waals surface area contributed by atoms with Gasteiger partial charge in [0.05, 0.1) is 36.3 Å². The van der Waals surface area contributed by atoms with Crippen LogP contribution in [0.3, 0.4) is 0 Å². The molecular formula is C14H19O7P. The molecule has 0 saturated carbocycles. The van der Waals surface area contributed by atoms with Gasteiger partial charge in [0.2, 0.25) is 0 Å². The summed E-state index contributed by atoms with van der Waals surface area (Å²) in [6.07, 6.45) is 0. The van der Waals surface area contributed by atoms with Crippen molar-refractivity contribution in [2.24, 2.45) is 0 Å². The SMILES string of the molecule is CCOC(=O)c1cc(C(=O)OCC)cc(P(=O)(O)OCC)c1. The van der Waals surface area contributed by atoms with Crippen molar-refractivity contribution in [3.63, 3.8) is 0 Å². The minimum absolute atomic E-state index is 0.00610. The standard InChI is InChI=1S/C14H19O7P/c1-4-19-13(15)10-7-11(14(16)20-5-2)9-12(8-10)22(17,18)21-6-3/h7-9H,4-6H2,1-3H3,(H,17,18). The quantitative estimate of drug-likeness (QED) is 0.602. The summed E-state index contributed by atoms with van der Waals surface area (Å²) in [6, 6.07) is 3.61. The lowest BCUT2D eigenvalue weighted by Gasteiger charge is -2.13. The summed E-state index contributed by atoms with van der Waals surface area (Å²) < 4.78 is 26.6. The summed E-state index contributed by atoms with van der Waals surface area (Å²) in [5, 5.41) is -0.164. The predicted octanol–water partition coefficient (Wildman–Crippen LogP) is 1.89. The van der Waals surface area contributed by atoms with Gasteiger partial charge in [-0.05, 0) is 39.0 Å². The van der Waals surface area contributed by atoms with Crippen molar-refractivity contribution in [1.82, 2.24) is 0 Å². The maximum Gasteiger partial charge on any atom is 0.358 e. The van der Waals surface area contributed by atoms with Gasteiger partial charge in [0, 0.05) is 0 Å². The Hall–Kier alpha value is -1.69. The van der Waals surface area contributed by atoms with Crippen molar-refractivity contribution in [2.45, 2.75) is 20.8 Å². The molecule has 0 aliphatic heterocycles. The first kappa shape index (κ1) is 18.4. The number of rotatable bonds is 7.